The maximum absolute atomic E-state index is 13.9. The first-order valence-corrected chi connectivity index (χ1v) is 11.9. The van der Waals surface area contributed by atoms with Crippen LogP contribution in [0.3, 0.4) is 0 Å². The average Bonchev–Trinajstić information content (AvgIpc) is 2.88. The highest BCUT2D eigenvalue weighted by atomic mass is 35.5. The minimum absolute atomic E-state index is 0.0528. The van der Waals surface area contributed by atoms with E-state index in [9.17, 15) is 19.1 Å². The van der Waals surface area contributed by atoms with E-state index >= 15 is 0 Å². The predicted octanol–water partition coefficient (Wildman–Crippen LogP) is 4.78. The summed E-state index contributed by atoms with van der Waals surface area (Å²) in [4.78, 5) is 29.4. The number of esters is 1. The van der Waals surface area contributed by atoms with Crippen molar-refractivity contribution in [1.29, 1.82) is 0 Å². The van der Waals surface area contributed by atoms with E-state index in [4.69, 9.17) is 30.5 Å². The Kier molecular flexibility index (Phi) is 9.35. The molecule has 3 rings (SSSR count). The molecule has 202 valence electrons. The van der Waals surface area contributed by atoms with Gasteiger partial charge in [-0.3, -0.25) is 4.79 Å². The Labute approximate surface area is 224 Å². The van der Waals surface area contributed by atoms with Gasteiger partial charge in [-0.1, -0.05) is 17.7 Å². The van der Waals surface area contributed by atoms with Gasteiger partial charge in [-0.2, -0.15) is 0 Å². The molecule has 0 aliphatic rings. The molecule has 3 aromatic rings. The highest BCUT2D eigenvalue weighted by Crippen LogP contribution is 2.36. The molecule has 0 fully saturated rings. The lowest BCUT2D eigenvalue weighted by atomic mass is 10.0. The van der Waals surface area contributed by atoms with Crippen molar-refractivity contribution in [2.75, 3.05) is 14.2 Å². The number of amides is 1. The van der Waals surface area contributed by atoms with Crippen LogP contribution in [0.25, 0.3) is 0 Å². The van der Waals surface area contributed by atoms with E-state index in [0.717, 1.165) is 5.56 Å². The van der Waals surface area contributed by atoms with Crippen LogP contribution in [0.2, 0.25) is 5.02 Å². The molecule has 0 saturated heterocycles. The minimum atomic E-state index is -1.13. The fourth-order valence-corrected chi connectivity index (χ4v) is 3.89. The van der Waals surface area contributed by atoms with Crippen LogP contribution in [0, 0.1) is 12.7 Å². The number of rotatable bonds is 10. The quantitative estimate of drug-likeness (QED) is 0.349. The second-order valence-corrected chi connectivity index (χ2v) is 8.81. The van der Waals surface area contributed by atoms with Crippen molar-refractivity contribution >= 4 is 23.5 Å². The van der Waals surface area contributed by atoms with Crippen LogP contribution in [-0.4, -0.2) is 48.3 Å². The molecule has 1 heterocycles. The topological polar surface area (TPSA) is 116 Å². The molecule has 1 aromatic heterocycles. The van der Waals surface area contributed by atoms with Gasteiger partial charge in [-0.25, -0.2) is 14.2 Å². The number of nitrogens with one attached hydrogen (secondary N) is 1. The molecule has 0 aliphatic heterocycles. The Morgan fingerprint density at radius 3 is 2.39 bits per heavy atom. The Morgan fingerprint density at radius 1 is 1.03 bits per heavy atom. The van der Waals surface area contributed by atoms with Gasteiger partial charge in [-0.05, 0) is 50.6 Å². The summed E-state index contributed by atoms with van der Waals surface area (Å²) < 4.78 is 36.0. The zero-order valence-electron chi connectivity index (χ0n) is 21.5. The maximum Gasteiger partial charge on any atom is 0.328 e. The van der Waals surface area contributed by atoms with Gasteiger partial charge in [0.1, 0.15) is 29.5 Å². The van der Waals surface area contributed by atoms with Crippen molar-refractivity contribution in [2.45, 2.75) is 39.0 Å². The van der Waals surface area contributed by atoms with Crippen molar-refractivity contribution in [3.8, 4) is 23.0 Å². The number of hydrogen-bond acceptors (Lipinski definition) is 8. The summed E-state index contributed by atoms with van der Waals surface area (Å²) in [5.74, 6) is -2.03. The third kappa shape index (κ3) is 6.63. The zero-order valence-corrected chi connectivity index (χ0v) is 22.2. The van der Waals surface area contributed by atoms with Gasteiger partial charge in [0.15, 0.2) is 23.3 Å². The Hall–Kier alpha value is -4.05. The van der Waals surface area contributed by atoms with Crippen molar-refractivity contribution < 1.29 is 38.0 Å². The highest BCUT2D eigenvalue weighted by Gasteiger charge is 2.31. The number of nitrogens with zero attached hydrogens (tertiary/aromatic N) is 1. The van der Waals surface area contributed by atoms with Crippen LogP contribution >= 0.6 is 11.6 Å². The first-order chi connectivity index (χ1) is 18.0. The SMILES string of the molecule is COc1cc(F)ccc1C(Oc1ccc(C)cc1Cl)C(C)OC(=O)[C@H](C)NC(=O)c1nccc(OC)c1O. The van der Waals surface area contributed by atoms with E-state index in [1.807, 2.05) is 6.92 Å². The molecular formula is C27H28ClFN2O7. The largest absolute Gasteiger partial charge is 0.503 e. The summed E-state index contributed by atoms with van der Waals surface area (Å²) >= 11 is 6.36. The van der Waals surface area contributed by atoms with E-state index in [2.05, 4.69) is 10.3 Å². The summed E-state index contributed by atoms with van der Waals surface area (Å²) in [6.45, 7) is 4.86. The zero-order chi connectivity index (χ0) is 28.0. The molecule has 2 N–H and O–H groups in total. The molecule has 3 atom stereocenters. The van der Waals surface area contributed by atoms with Crippen LogP contribution < -0.4 is 19.5 Å². The number of benzene rings is 2. The second kappa shape index (κ2) is 12.5. The van der Waals surface area contributed by atoms with E-state index in [1.54, 1.807) is 25.1 Å². The normalized spacial score (nSPS) is 13.1. The molecule has 2 aromatic carbocycles. The van der Waals surface area contributed by atoms with Gasteiger partial charge in [-0.15, -0.1) is 0 Å². The smallest absolute Gasteiger partial charge is 0.328 e. The molecule has 2 unspecified atom stereocenters. The molecule has 38 heavy (non-hydrogen) atoms. The van der Waals surface area contributed by atoms with Crippen molar-refractivity contribution in [3.05, 3.63) is 76.3 Å². The van der Waals surface area contributed by atoms with Crippen LogP contribution in [0.4, 0.5) is 4.39 Å². The summed E-state index contributed by atoms with van der Waals surface area (Å²) in [5.41, 5.74) is 1.01. The van der Waals surface area contributed by atoms with Crippen LogP contribution in [0.1, 0.15) is 41.6 Å². The summed E-state index contributed by atoms with van der Waals surface area (Å²) in [5, 5.41) is 12.9. The monoisotopic (exact) mass is 546 g/mol. The number of ether oxygens (including phenoxy) is 4. The molecule has 0 saturated carbocycles. The van der Waals surface area contributed by atoms with Gasteiger partial charge in [0.25, 0.3) is 5.91 Å². The fourth-order valence-electron chi connectivity index (χ4n) is 3.61. The second-order valence-electron chi connectivity index (χ2n) is 8.41. The molecular weight excluding hydrogens is 519 g/mol. The number of aryl methyl sites for hydroxylation is 1. The van der Waals surface area contributed by atoms with Crippen molar-refractivity contribution in [3.63, 3.8) is 0 Å². The lowest BCUT2D eigenvalue weighted by Crippen LogP contribution is -2.42. The molecule has 0 aliphatic carbocycles. The third-order valence-electron chi connectivity index (χ3n) is 5.60. The molecule has 1 amide bonds. The fraction of sp³-hybridized carbons (Fsp3) is 0.296. The molecule has 11 heteroatoms. The van der Waals surface area contributed by atoms with E-state index in [0.29, 0.717) is 16.3 Å². The minimum Gasteiger partial charge on any atom is -0.503 e. The average molecular weight is 547 g/mol. The first kappa shape index (κ1) is 28.5. The number of halogens is 2. The van der Waals surface area contributed by atoms with Crippen LogP contribution in [-0.2, 0) is 9.53 Å². The number of pyridine rings is 1. The van der Waals surface area contributed by atoms with Crippen molar-refractivity contribution in [2.24, 2.45) is 0 Å². The number of aromatic nitrogens is 1. The molecule has 0 radical (unpaired) electrons. The number of carbonyl (C=O) groups is 2. The standard InChI is InChI=1S/C27H28ClFN2O7/c1-14-6-9-20(19(28)12-14)38-25(18-8-7-17(29)13-22(18)36-5)16(3)37-27(34)15(2)31-26(33)23-24(32)21(35-4)10-11-30-23/h6-13,15-16,25,32H,1-5H3,(H,31,33)/t15-,16?,25?/m0/s1. The number of methoxy groups -OCH3 is 2. The van der Waals surface area contributed by atoms with Gasteiger partial charge in [0.2, 0.25) is 0 Å². The lowest BCUT2D eigenvalue weighted by Gasteiger charge is -2.28. The number of hydrogen-bond donors (Lipinski definition) is 2. The molecule has 9 nitrogen and oxygen atoms in total. The van der Waals surface area contributed by atoms with E-state index in [-0.39, 0.29) is 17.2 Å². The van der Waals surface area contributed by atoms with Crippen LogP contribution in [0.5, 0.6) is 23.0 Å². The molecule has 0 bridgehead atoms. The van der Waals surface area contributed by atoms with E-state index in [1.165, 1.54) is 51.6 Å². The Balaban J connectivity index is 1.82. The Morgan fingerprint density at radius 2 is 1.74 bits per heavy atom. The number of aromatic hydroxyl groups is 1. The Bertz CT molecular complexity index is 1320. The summed E-state index contributed by atoms with van der Waals surface area (Å²) in [7, 11) is 2.71. The van der Waals surface area contributed by atoms with Gasteiger partial charge in [0, 0.05) is 23.9 Å². The number of carbonyl (C=O) groups excluding carboxylic acids is 2. The maximum atomic E-state index is 13.9. The van der Waals surface area contributed by atoms with Crippen molar-refractivity contribution in [1.82, 2.24) is 10.3 Å². The predicted molar refractivity (Wildman–Crippen MR) is 137 cm³/mol. The molecule has 0 spiro atoms. The van der Waals surface area contributed by atoms with Gasteiger partial charge < -0.3 is 29.4 Å². The van der Waals surface area contributed by atoms with Gasteiger partial charge >= 0.3 is 5.97 Å². The third-order valence-corrected chi connectivity index (χ3v) is 5.89. The van der Waals surface area contributed by atoms with Crippen LogP contribution in [0.15, 0.2) is 48.7 Å². The van der Waals surface area contributed by atoms with Gasteiger partial charge in [0.05, 0.1) is 19.2 Å². The summed E-state index contributed by atoms with van der Waals surface area (Å²) in [6.07, 6.45) is -0.615. The summed E-state index contributed by atoms with van der Waals surface area (Å²) in [6, 6.07) is 9.33. The first-order valence-electron chi connectivity index (χ1n) is 11.5. The highest BCUT2D eigenvalue weighted by molar-refractivity contribution is 6.32. The van der Waals surface area contributed by atoms with E-state index < -0.39 is 41.7 Å². The lowest BCUT2D eigenvalue weighted by molar-refractivity contribution is -0.154.